The molecule has 2 amide bonds. The minimum atomic E-state index is -0.0636. The van der Waals surface area contributed by atoms with Gasteiger partial charge in [0.15, 0.2) is 0 Å². The van der Waals surface area contributed by atoms with Gasteiger partial charge in [0.1, 0.15) is 0 Å². The van der Waals surface area contributed by atoms with E-state index in [1.807, 2.05) is 18.2 Å². The van der Waals surface area contributed by atoms with E-state index in [4.69, 9.17) is 4.74 Å². The molecule has 1 aliphatic heterocycles. The van der Waals surface area contributed by atoms with Gasteiger partial charge in [-0.1, -0.05) is 30.3 Å². The molecule has 122 valence electrons. The van der Waals surface area contributed by atoms with Crippen molar-refractivity contribution in [2.45, 2.75) is 12.8 Å². The summed E-state index contributed by atoms with van der Waals surface area (Å²) in [6, 6.07) is 10.1. The molecule has 0 bridgehead atoms. The van der Waals surface area contributed by atoms with Gasteiger partial charge < -0.3 is 20.3 Å². The number of ether oxygens (including phenoxy) is 1. The van der Waals surface area contributed by atoms with Crippen molar-refractivity contribution in [2.75, 3.05) is 46.4 Å². The monoisotopic (exact) mass is 305 g/mol. The molecule has 1 aromatic rings. The predicted molar refractivity (Wildman–Crippen MR) is 88.0 cm³/mol. The van der Waals surface area contributed by atoms with Crippen molar-refractivity contribution >= 4 is 6.03 Å². The molecule has 0 radical (unpaired) electrons. The first kappa shape index (κ1) is 16.8. The van der Waals surface area contributed by atoms with Crippen LogP contribution in [0, 0.1) is 5.92 Å². The number of rotatable bonds is 8. The molecule has 0 unspecified atom stereocenters. The van der Waals surface area contributed by atoms with Gasteiger partial charge in [-0.25, -0.2) is 4.79 Å². The molecule has 1 fully saturated rings. The van der Waals surface area contributed by atoms with Crippen molar-refractivity contribution in [3.05, 3.63) is 35.9 Å². The molecule has 5 nitrogen and oxygen atoms in total. The topological polar surface area (TPSA) is 53.6 Å². The van der Waals surface area contributed by atoms with E-state index in [2.05, 4.69) is 27.7 Å². The summed E-state index contributed by atoms with van der Waals surface area (Å²) in [7, 11) is 1.73. The summed E-state index contributed by atoms with van der Waals surface area (Å²) >= 11 is 0. The molecular formula is C17H27N3O2. The number of urea groups is 1. The summed E-state index contributed by atoms with van der Waals surface area (Å²) in [6.45, 7) is 5.33. The van der Waals surface area contributed by atoms with Crippen molar-refractivity contribution in [2.24, 2.45) is 5.92 Å². The first-order valence-corrected chi connectivity index (χ1v) is 8.05. The SMILES string of the molecule is COCCN1CC[C@@H](CNC(=O)NCCc2ccccc2)C1. The number of hydrogen-bond acceptors (Lipinski definition) is 3. The Kier molecular flexibility index (Phi) is 7.19. The van der Waals surface area contributed by atoms with E-state index in [1.165, 1.54) is 5.56 Å². The molecule has 0 spiro atoms. The lowest BCUT2D eigenvalue weighted by atomic mass is 10.1. The highest BCUT2D eigenvalue weighted by Gasteiger charge is 2.22. The standard InChI is InChI=1S/C17H27N3O2/c1-22-12-11-20-10-8-16(14-20)13-19-17(21)18-9-7-15-5-3-2-4-6-15/h2-6,16H,7-14H2,1H3,(H2,18,19,21)/t16-/m0/s1. The molecule has 5 heteroatoms. The zero-order valence-electron chi connectivity index (χ0n) is 13.4. The molecule has 2 rings (SSSR count). The van der Waals surface area contributed by atoms with Crippen LogP contribution in [0.15, 0.2) is 30.3 Å². The first-order valence-electron chi connectivity index (χ1n) is 8.05. The number of carbonyl (C=O) groups is 1. The quantitative estimate of drug-likeness (QED) is 0.765. The number of benzene rings is 1. The van der Waals surface area contributed by atoms with Crippen molar-refractivity contribution in [1.82, 2.24) is 15.5 Å². The Bertz CT molecular complexity index is 439. The van der Waals surface area contributed by atoms with Crippen molar-refractivity contribution in [3.63, 3.8) is 0 Å². The van der Waals surface area contributed by atoms with E-state index in [0.29, 0.717) is 12.5 Å². The fraction of sp³-hybridized carbons (Fsp3) is 0.588. The molecule has 1 aliphatic rings. The summed E-state index contributed by atoms with van der Waals surface area (Å²) in [6.07, 6.45) is 2.01. The van der Waals surface area contributed by atoms with E-state index in [1.54, 1.807) is 7.11 Å². The largest absolute Gasteiger partial charge is 0.383 e. The second-order valence-electron chi connectivity index (χ2n) is 5.82. The lowest BCUT2D eigenvalue weighted by Crippen LogP contribution is -2.39. The zero-order valence-corrected chi connectivity index (χ0v) is 13.4. The lowest BCUT2D eigenvalue weighted by molar-refractivity contribution is 0.159. The predicted octanol–water partition coefficient (Wildman–Crippen LogP) is 1.50. The number of nitrogens with one attached hydrogen (secondary N) is 2. The fourth-order valence-electron chi connectivity index (χ4n) is 2.77. The Morgan fingerprint density at radius 1 is 1.32 bits per heavy atom. The number of likely N-dealkylation sites (tertiary alicyclic amines) is 1. The molecule has 2 N–H and O–H groups in total. The van der Waals surface area contributed by atoms with Crippen molar-refractivity contribution in [1.29, 1.82) is 0 Å². The van der Waals surface area contributed by atoms with Crippen molar-refractivity contribution in [3.8, 4) is 0 Å². The second kappa shape index (κ2) is 9.43. The number of amides is 2. The zero-order chi connectivity index (χ0) is 15.6. The summed E-state index contributed by atoms with van der Waals surface area (Å²) in [5, 5.41) is 5.90. The number of hydrogen-bond donors (Lipinski definition) is 2. The number of methoxy groups -OCH3 is 1. The molecule has 1 saturated heterocycles. The van der Waals surface area contributed by atoms with Crippen LogP contribution < -0.4 is 10.6 Å². The van der Waals surface area contributed by atoms with Crippen LogP contribution in [0.1, 0.15) is 12.0 Å². The Balaban J connectivity index is 1.54. The Morgan fingerprint density at radius 2 is 2.14 bits per heavy atom. The molecule has 0 aromatic heterocycles. The molecule has 0 aliphatic carbocycles. The third kappa shape index (κ3) is 6.03. The van der Waals surface area contributed by atoms with Crippen LogP contribution in [0.4, 0.5) is 4.79 Å². The Labute approximate surface area is 133 Å². The van der Waals surface area contributed by atoms with Crippen LogP contribution in [0.25, 0.3) is 0 Å². The first-order chi connectivity index (χ1) is 10.8. The van der Waals surface area contributed by atoms with Gasteiger partial charge in [0.2, 0.25) is 0 Å². The maximum atomic E-state index is 11.8. The van der Waals surface area contributed by atoms with E-state index < -0.39 is 0 Å². The van der Waals surface area contributed by atoms with Crippen molar-refractivity contribution < 1.29 is 9.53 Å². The van der Waals surface area contributed by atoms with E-state index in [0.717, 1.165) is 45.6 Å². The average Bonchev–Trinajstić information content (AvgIpc) is 3.00. The molecule has 1 heterocycles. The van der Waals surface area contributed by atoms with E-state index in [-0.39, 0.29) is 6.03 Å². The summed E-state index contributed by atoms with van der Waals surface area (Å²) in [5.41, 5.74) is 1.24. The Morgan fingerprint density at radius 3 is 2.91 bits per heavy atom. The third-order valence-electron chi connectivity index (χ3n) is 4.07. The summed E-state index contributed by atoms with van der Waals surface area (Å²) in [4.78, 5) is 14.2. The van der Waals surface area contributed by atoms with Crippen LogP contribution in [0.3, 0.4) is 0 Å². The molecular weight excluding hydrogens is 278 g/mol. The van der Waals surface area contributed by atoms with Crippen LogP contribution >= 0.6 is 0 Å². The molecule has 22 heavy (non-hydrogen) atoms. The number of carbonyl (C=O) groups excluding carboxylic acids is 1. The third-order valence-corrected chi connectivity index (χ3v) is 4.07. The van der Waals surface area contributed by atoms with Crippen LogP contribution in [0.5, 0.6) is 0 Å². The van der Waals surface area contributed by atoms with E-state index >= 15 is 0 Å². The normalized spacial score (nSPS) is 18.3. The van der Waals surface area contributed by atoms with E-state index in [9.17, 15) is 4.79 Å². The van der Waals surface area contributed by atoms with Gasteiger partial charge in [-0.05, 0) is 30.9 Å². The van der Waals surface area contributed by atoms with Gasteiger partial charge in [-0.15, -0.1) is 0 Å². The molecule has 0 saturated carbocycles. The second-order valence-corrected chi connectivity index (χ2v) is 5.82. The number of nitrogens with zero attached hydrogens (tertiary/aromatic N) is 1. The maximum absolute atomic E-state index is 11.8. The van der Waals surface area contributed by atoms with Crippen LogP contribution in [0.2, 0.25) is 0 Å². The average molecular weight is 305 g/mol. The summed E-state index contributed by atoms with van der Waals surface area (Å²) < 4.78 is 5.10. The molecule has 1 aromatic carbocycles. The van der Waals surface area contributed by atoms with Crippen LogP contribution in [-0.4, -0.2) is 57.4 Å². The Hall–Kier alpha value is -1.59. The van der Waals surface area contributed by atoms with Gasteiger partial charge in [-0.2, -0.15) is 0 Å². The van der Waals surface area contributed by atoms with Gasteiger partial charge in [0.25, 0.3) is 0 Å². The fourth-order valence-corrected chi connectivity index (χ4v) is 2.77. The highest BCUT2D eigenvalue weighted by atomic mass is 16.5. The summed E-state index contributed by atoms with van der Waals surface area (Å²) in [5.74, 6) is 0.553. The minimum Gasteiger partial charge on any atom is -0.383 e. The van der Waals surface area contributed by atoms with Gasteiger partial charge in [-0.3, -0.25) is 0 Å². The van der Waals surface area contributed by atoms with Gasteiger partial charge in [0, 0.05) is 33.3 Å². The minimum absolute atomic E-state index is 0.0636. The maximum Gasteiger partial charge on any atom is 0.314 e. The highest BCUT2D eigenvalue weighted by Crippen LogP contribution is 2.14. The van der Waals surface area contributed by atoms with Gasteiger partial charge >= 0.3 is 6.03 Å². The lowest BCUT2D eigenvalue weighted by Gasteiger charge is -2.15. The molecule has 1 atom stereocenters. The smallest absolute Gasteiger partial charge is 0.314 e. The van der Waals surface area contributed by atoms with Crippen LogP contribution in [-0.2, 0) is 11.2 Å². The highest BCUT2D eigenvalue weighted by molar-refractivity contribution is 5.73. The van der Waals surface area contributed by atoms with Gasteiger partial charge in [0.05, 0.1) is 6.61 Å².